The molecule has 0 aliphatic rings. The molecule has 0 spiro atoms. The minimum Gasteiger partial charge on any atom is -0.504 e. The molecule has 1 aromatic heterocycles. The number of Topliss-reactive ketones (excluding diaryl/α,β-unsaturated/α-hetero) is 1. The zero-order chi connectivity index (χ0) is 31.1. The van der Waals surface area contributed by atoms with Crippen LogP contribution in [-0.4, -0.2) is 46.4 Å². The van der Waals surface area contributed by atoms with Crippen molar-refractivity contribution in [3.63, 3.8) is 0 Å². The number of aromatic amines is 1. The van der Waals surface area contributed by atoms with E-state index in [2.05, 4.69) is 35.3 Å². The van der Waals surface area contributed by atoms with Crippen LogP contribution < -0.4 is 9.47 Å². The molecule has 5 aromatic rings. The van der Waals surface area contributed by atoms with E-state index in [1.54, 1.807) is 24.3 Å². The number of rotatable bonds is 14. The van der Waals surface area contributed by atoms with E-state index in [1.165, 1.54) is 14.2 Å². The van der Waals surface area contributed by atoms with Gasteiger partial charge in [-0.1, -0.05) is 54.6 Å². The predicted octanol–water partition coefficient (Wildman–Crippen LogP) is 6.42. The molecule has 0 aliphatic carbocycles. The van der Waals surface area contributed by atoms with Gasteiger partial charge in [-0.3, -0.25) is 4.79 Å². The van der Waals surface area contributed by atoms with E-state index in [1.807, 2.05) is 42.7 Å². The number of nitrogens with one attached hydrogen (secondary N) is 1. The number of hydrogen-bond donors (Lipinski definition) is 4. The maximum Gasteiger partial charge on any atom is 0.160 e. The van der Waals surface area contributed by atoms with Gasteiger partial charge in [-0.05, 0) is 95.0 Å². The number of phenols is 2. The molecule has 0 saturated heterocycles. The Morgan fingerprint density at radius 3 is 1.89 bits per heavy atom. The van der Waals surface area contributed by atoms with E-state index < -0.39 is 12.0 Å². The Labute approximate surface area is 257 Å². The molecule has 4 aromatic carbocycles. The lowest BCUT2D eigenvalue weighted by Gasteiger charge is -2.25. The van der Waals surface area contributed by atoms with Crippen LogP contribution in [0.2, 0.25) is 0 Å². The smallest absolute Gasteiger partial charge is 0.160 e. The lowest BCUT2D eigenvalue weighted by molar-refractivity contribution is -0.125. The fraction of sp³-hybridized carbons (Fsp3) is 0.270. The first-order valence-electron chi connectivity index (χ1n) is 14.8. The van der Waals surface area contributed by atoms with Crippen molar-refractivity contribution >= 4 is 16.6 Å². The Morgan fingerprint density at radius 2 is 1.27 bits per heavy atom. The minimum atomic E-state index is -0.898. The molecule has 7 heteroatoms. The van der Waals surface area contributed by atoms with Crippen molar-refractivity contribution in [3.05, 3.63) is 120 Å². The molecule has 44 heavy (non-hydrogen) atoms. The highest BCUT2D eigenvalue weighted by atomic mass is 16.5. The topological polar surface area (TPSA) is 112 Å². The van der Waals surface area contributed by atoms with Gasteiger partial charge in [0.1, 0.15) is 5.78 Å². The van der Waals surface area contributed by atoms with Crippen molar-refractivity contribution in [1.82, 2.24) is 4.98 Å². The maximum absolute atomic E-state index is 14.1. The number of aliphatic hydroxyl groups is 1. The molecular weight excluding hydrogens is 554 g/mol. The summed E-state index contributed by atoms with van der Waals surface area (Å²) in [5, 5.41) is 34.0. The summed E-state index contributed by atoms with van der Waals surface area (Å²) >= 11 is 0. The number of aromatic hydroxyl groups is 2. The van der Waals surface area contributed by atoms with Gasteiger partial charge in [0.15, 0.2) is 23.0 Å². The van der Waals surface area contributed by atoms with E-state index >= 15 is 0 Å². The normalized spacial score (nSPS) is 13.3. The molecule has 5 rings (SSSR count). The zero-order valence-corrected chi connectivity index (χ0v) is 25.1. The van der Waals surface area contributed by atoms with E-state index in [0.29, 0.717) is 37.2 Å². The fourth-order valence-electron chi connectivity index (χ4n) is 5.91. The van der Waals surface area contributed by atoms with Gasteiger partial charge in [0, 0.05) is 24.7 Å². The van der Waals surface area contributed by atoms with Crippen LogP contribution in [0.3, 0.4) is 0 Å². The number of carbonyl (C=O) groups excluding carboxylic acids is 1. The SMILES string of the molecule is COc1cc(CC(Cc2ccc3ccccc3c2)C(=O)CC(O)C(Cc2cc[nH]c2)Cc2ccc(O)c(OC)c2)ccc1O. The number of phenolic OH excluding ortho intramolecular Hbond substituents is 2. The van der Waals surface area contributed by atoms with Gasteiger partial charge in [-0.2, -0.15) is 0 Å². The average molecular weight is 594 g/mol. The number of methoxy groups -OCH3 is 2. The molecule has 0 aliphatic heterocycles. The average Bonchev–Trinajstić information content (AvgIpc) is 3.55. The van der Waals surface area contributed by atoms with Crippen molar-refractivity contribution in [3.8, 4) is 23.0 Å². The number of aliphatic hydroxyl groups excluding tert-OH is 1. The molecule has 0 radical (unpaired) electrons. The van der Waals surface area contributed by atoms with Crippen molar-refractivity contribution < 1.29 is 29.6 Å². The lowest BCUT2D eigenvalue weighted by Crippen LogP contribution is -2.31. The van der Waals surface area contributed by atoms with Gasteiger partial charge < -0.3 is 29.8 Å². The Balaban J connectivity index is 1.40. The van der Waals surface area contributed by atoms with Crippen molar-refractivity contribution in [2.75, 3.05) is 14.2 Å². The Hall–Kier alpha value is -4.75. The molecule has 0 fully saturated rings. The molecule has 228 valence electrons. The van der Waals surface area contributed by atoms with Crippen molar-refractivity contribution in [2.24, 2.45) is 11.8 Å². The number of hydrogen-bond acceptors (Lipinski definition) is 6. The second kappa shape index (κ2) is 14.1. The Kier molecular flexibility index (Phi) is 9.87. The maximum atomic E-state index is 14.1. The van der Waals surface area contributed by atoms with Crippen LogP contribution in [0.15, 0.2) is 97.3 Å². The molecule has 3 unspecified atom stereocenters. The summed E-state index contributed by atoms with van der Waals surface area (Å²) in [5.41, 5.74) is 3.85. The van der Waals surface area contributed by atoms with E-state index in [4.69, 9.17) is 9.47 Å². The van der Waals surface area contributed by atoms with Crippen LogP contribution in [0.5, 0.6) is 23.0 Å². The number of H-pyrrole nitrogens is 1. The third kappa shape index (κ3) is 7.60. The van der Waals surface area contributed by atoms with Gasteiger partial charge in [0.05, 0.1) is 20.3 Å². The van der Waals surface area contributed by atoms with Gasteiger partial charge >= 0.3 is 0 Å². The highest BCUT2D eigenvalue weighted by Crippen LogP contribution is 2.31. The first-order valence-corrected chi connectivity index (χ1v) is 14.8. The summed E-state index contributed by atoms with van der Waals surface area (Å²) in [4.78, 5) is 17.1. The van der Waals surface area contributed by atoms with E-state index in [0.717, 1.165) is 33.0 Å². The van der Waals surface area contributed by atoms with Crippen LogP contribution in [0.1, 0.15) is 28.7 Å². The van der Waals surface area contributed by atoms with Crippen molar-refractivity contribution in [2.45, 2.75) is 38.2 Å². The first kappa shape index (κ1) is 30.7. The summed E-state index contributed by atoms with van der Waals surface area (Å²) in [6.07, 6.45) is 4.87. The lowest BCUT2D eigenvalue weighted by atomic mass is 9.82. The van der Waals surface area contributed by atoms with Crippen LogP contribution >= 0.6 is 0 Å². The summed E-state index contributed by atoms with van der Waals surface area (Å²) in [6.45, 7) is 0. The second-order valence-corrected chi connectivity index (χ2v) is 11.4. The highest BCUT2D eigenvalue weighted by molar-refractivity contribution is 5.84. The quantitative estimate of drug-likeness (QED) is 0.118. The molecule has 0 saturated carbocycles. The van der Waals surface area contributed by atoms with Crippen molar-refractivity contribution in [1.29, 1.82) is 0 Å². The zero-order valence-electron chi connectivity index (χ0n) is 25.1. The largest absolute Gasteiger partial charge is 0.504 e. The minimum absolute atomic E-state index is 0.00221. The molecular formula is C37H39NO6. The summed E-state index contributed by atoms with van der Waals surface area (Å²) < 4.78 is 10.6. The first-order chi connectivity index (χ1) is 21.3. The predicted molar refractivity (Wildman–Crippen MR) is 171 cm³/mol. The van der Waals surface area contributed by atoms with Crippen LogP contribution in [-0.2, 0) is 30.5 Å². The number of fused-ring (bicyclic) bond motifs is 1. The molecule has 3 atom stereocenters. The van der Waals surface area contributed by atoms with Gasteiger partial charge in [-0.25, -0.2) is 0 Å². The van der Waals surface area contributed by atoms with E-state index in [-0.39, 0.29) is 29.6 Å². The third-order valence-electron chi connectivity index (χ3n) is 8.33. The molecule has 1 heterocycles. The number of benzene rings is 4. The number of ketones is 1. The molecule has 7 nitrogen and oxygen atoms in total. The van der Waals surface area contributed by atoms with Gasteiger partial charge in [-0.15, -0.1) is 0 Å². The van der Waals surface area contributed by atoms with Gasteiger partial charge in [0.25, 0.3) is 0 Å². The monoisotopic (exact) mass is 593 g/mol. The Bertz CT molecular complexity index is 1700. The second-order valence-electron chi connectivity index (χ2n) is 11.4. The van der Waals surface area contributed by atoms with E-state index in [9.17, 15) is 20.1 Å². The number of ether oxygens (including phenoxy) is 2. The molecule has 4 N–H and O–H groups in total. The molecule has 0 bridgehead atoms. The summed E-state index contributed by atoms with van der Waals surface area (Å²) in [7, 11) is 3.00. The third-order valence-corrected chi connectivity index (χ3v) is 8.33. The molecule has 0 amide bonds. The number of carbonyl (C=O) groups is 1. The van der Waals surface area contributed by atoms with Crippen LogP contribution in [0, 0.1) is 11.8 Å². The van der Waals surface area contributed by atoms with Crippen LogP contribution in [0.25, 0.3) is 10.8 Å². The van der Waals surface area contributed by atoms with Gasteiger partial charge in [0.2, 0.25) is 0 Å². The standard InChI is InChI=1S/C37H39NO6/c1-43-36-20-25(8-11-32(36)39)17-30(16-24-7-10-28-5-3-4-6-29(28)15-24)34(41)22-35(42)31(19-27-13-14-38-23-27)18-26-9-12-33(40)37(21-26)44-2/h3-15,20-21,23,30-31,35,38-40,42H,16-19,22H2,1-2H3. The van der Waals surface area contributed by atoms with Crippen LogP contribution in [0.4, 0.5) is 0 Å². The highest BCUT2D eigenvalue weighted by Gasteiger charge is 2.28. The number of aromatic nitrogens is 1. The fourth-order valence-corrected chi connectivity index (χ4v) is 5.91. The Morgan fingerprint density at radius 1 is 0.705 bits per heavy atom. The summed E-state index contributed by atoms with van der Waals surface area (Å²) in [5.74, 6) is 0.142. The summed E-state index contributed by atoms with van der Waals surface area (Å²) in [6, 6.07) is 26.7.